The summed E-state index contributed by atoms with van der Waals surface area (Å²) in [6, 6.07) is 8.49. The second-order valence-corrected chi connectivity index (χ2v) is 8.29. The number of terminal acetylenes is 1. The number of anilines is 2. The second kappa shape index (κ2) is 7.96. The topological polar surface area (TPSA) is 120 Å². The van der Waals surface area contributed by atoms with Gasteiger partial charge in [-0.3, -0.25) is 14.2 Å². The molecular formula is C23H19N7O2S. The number of carbonyl (C=O) groups excluding carboxylic acids is 1. The molecule has 0 spiro atoms. The van der Waals surface area contributed by atoms with Gasteiger partial charge in [0.1, 0.15) is 22.0 Å². The first kappa shape index (κ1) is 20.5. The van der Waals surface area contributed by atoms with Crippen molar-refractivity contribution in [3.8, 4) is 18.0 Å². The summed E-state index contributed by atoms with van der Waals surface area (Å²) in [5.74, 6) is 3.13. The molecule has 1 aliphatic heterocycles. The number of hydrogen-bond donors (Lipinski definition) is 3. The van der Waals surface area contributed by atoms with Crippen LogP contribution in [0.5, 0.6) is 0 Å². The number of thiophene rings is 1. The van der Waals surface area contributed by atoms with Crippen LogP contribution in [-0.4, -0.2) is 31.8 Å². The molecule has 0 radical (unpaired) electrons. The molecule has 0 fully saturated rings. The van der Waals surface area contributed by atoms with Crippen LogP contribution in [0.2, 0.25) is 0 Å². The Morgan fingerprint density at radius 3 is 2.91 bits per heavy atom. The number of nitrogens with one attached hydrogen (secondary N) is 2. The number of carbonyl (C=O) groups is 1. The van der Waals surface area contributed by atoms with E-state index in [1.807, 2.05) is 24.3 Å². The molecule has 1 unspecified atom stereocenters. The maximum atomic E-state index is 13.5. The van der Waals surface area contributed by atoms with Gasteiger partial charge in [0.2, 0.25) is 0 Å². The summed E-state index contributed by atoms with van der Waals surface area (Å²) in [5, 5.41) is 12.3. The van der Waals surface area contributed by atoms with E-state index < -0.39 is 11.9 Å². The van der Waals surface area contributed by atoms with Crippen molar-refractivity contribution < 1.29 is 4.79 Å². The predicted molar refractivity (Wildman–Crippen MR) is 129 cm³/mol. The molecular weight excluding hydrogens is 438 g/mol. The molecule has 10 heteroatoms. The Morgan fingerprint density at radius 2 is 2.15 bits per heavy atom. The summed E-state index contributed by atoms with van der Waals surface area (Å²) in [4.78, 5) is 31.9. The van der Waals surface area contributed by atoms with Crippen molar-refractivity contribution in [3.05, 3.63) is 69.1 Å². The average Bonchev–Trinajstić information content (AvgIpc) is 3.39. The fraction of sp³-hybridized carbons (Fsp3) is 0.130. The number of hydrogen-bond acceptors (Lipinski definition) is 7. The van der Waals surface area contributed by atoms with Gasteiger partial charge in [-0.25, -0.2) is 9.67 Å². The lowest BCUT2D eigenvalue weighted by Crippen LogP contribution is -2.33. The maximum absolute atomic E-state index is 13.5. The zero-order valence-electron chi connectivity index (χ0n) is 17.6. The molecule has 4 aromatic rings. The fourth-order valence-corrected chi connectivity index (χ4v) is 4.70. The first-order valence-electron chi connectivity index (χ1n) is 10.1. The van der Waals surface area contributed by atoms with Gasteiger partial charge in [-0.1, -0.05) is 24.1 Å². The molecule has 0 saturated carbocycles. The van der Waals surface area contributed by atoms with E-state index in [0.717, 1.165) is 0 Å². The lowest BCUT2D eigenvalue weighted by molar-refractivity contribution is 0.0939. The Kier molecular flexibility index (Phi) is 4.95. The van der Waals surface area contributed by atoms with E-state index in [1.165, 1.54) is 20.6 Å². The Labute approximate surface area is 192 Å². The van der Waals surface area contributed by atoms with Crippen molar-refractivity contribution in [2.45, 2.75) is 13.0 Å². The molecule has 33 heavy (non-hydrogen) atoms. The molecule has 1 amide bonds. The van der Waals surface area contributed by atoms with Gasteiger partial charge in [-0.05, 0) is 25.1 Å². The zero-order chi connectivity index (χ0) is 23.1. The number of nitrogen functional groups attached to an aromatic ring is 1. The second-order valence-electron chi connectivity index (χ2n) is 7.43. The minimum atomic E-state index is -0.625. The van der Waals surface area contributed by atoms with Gasteiger partial charge >= 0.3 is 0 Å². The summed E-state index contributed by atoms with van der Waals surface area (Å²) in [5.41, 5.74) is 7.10. The van der Waals surface area contributed by atoms with Crippen LogP contribution in [0.15, 0.2) is 46.6 Å². The van der Waals surface area contributed by atoms with Crippen LogP contribution < -0.4 is 21.9 Å². The van der Waals surface area contributed by atoms with Gasteiger partial charge in [-0.2, -0.15) is 0 Å². The number of nitrogens with two attached hydrogens (primary N) is 1. The lowest BCUT2D eigenvalue weighted by atomic mass is 10.2. The molecule has 3 aromatic heterocycles. The number of benzene rings is 1. The van der Waals surface area contributed by atoms with Gasteiger partial charge in [0.15, 0.2) is 5.82 Å². The Morgan fingerprint density at radius 1 is 1.36 bits per heavy atom. The minimum Gasteiger partial charge on any atom is -0.381 e. The smallest absolute Gasteiger partial charge is 0.268 e. The van der Waals surface area contributed by atoms with Gasteiger partial charge in [-0.15, -0.1) is 22.9 Å². The summed E-state index contributed by atoms with van der Waals surface area (Å²) in [7, 11) is 0. The SMILES string of the molecule is C#Cc1csc2nc(C(C)NC(=O)c3c(N)nn4c3NCC=C4)n(-c3ccccc3)c(=O)c12. The average molecular weight is 458 g/mol. The van der Waals surface area contributed by atoms with E-state index in [-0.39, 0.29) is 16.9 Å². The third-order valence-electron chi connectivity index (χ3n) is 5.34. The zero-order valence-corrected chi connectivity index (χ0v) is 18.4. The minimum absolute atomic E-state index is 0.106. The third-order valence-corrected chi connectivity index (χ3v) is 6.21. The number of fused-ring (bicyclic) bond motifs is 2. The van der Waals surface area contributed by atoms with Crippen molar-refractivity contribution in [3.63, 3.8) is 0 Å². The van der Waals surface area contributed by atoms with E-state index in [2.05, 4.69) is 21.7 Å². The van der Waals surface area contributed by atoms with Gasteiger partial charge in [0.25, 0.3) is 11.5 Å². The Balaban J connectivity index is 1.61. The highest BCUT2D eigenvalue weighted by atomic mass is 32.1. The molecule has 4 heterocycles. The van der Waals surface area contributed by atoms with E-state index in [9.17, 15) is 9.59 Å². The van der Waals surface area contributed by atoms with E-state index >= 15 is 0 Å². The molecule has 1 aromatic carbocycles. The van der Waals surface area contributed by atoms with Gasteiger partial charge in [0.05, 0.1) is 22.7 Å². The molecule has 0 saturated heterocycles. The van der Waals surface area contributed by atoms with Gasteiger partial charge < -0.3 is 16.4 Å². The first-order chi connectivity index (χ1) is 16.0. The summed E-state index contributed by atoms with van der Waals surface area (Å²) in [6.45, 7) is 2.32. The van der Waals surface area contributed by atoms with Crippen molar-refractivity contribution in [1.29, 1.82) is 0 Å². The monoisotopic (exact) mass is 457 g/mol. The van der Waals surface area contributed by atoms with Crippen LogP contribution in [0.4, 0.5) is 11.6 Å². The molecule has 0 aliphatic carbocycles. The van der Waals surface area contributed by atoms with E-state index in [0.29, 0.717) is 39.7 Å². The van der Waals surface area contributed by atoms with E-state index in [1.54, 1.807) is 30.6 Å². The normalized spacial score (nSPS) is 13.2. The van der Waals surface area contributed by atoms with E-state index in [4.69, 9.17) is 17.1 Å². The Hall–Kier alpha value is -4.36. The molecule has 9 nitrogen and oxygen atoms in total. The highest BCUT2D eigenvalue weighted by Gasteiger charge is 2.26. The molecule has 4 N–H and O–H groups in total. The van der Waals surface area contributed by atoms with Crippen molar-refractivity contribution in [2.24, 2.45) is 0 Å². The summed E-state index contributed by atoms with van der Waals surface area (Å²) < 4.78 is 3.01. The van der Waals surface area contributed by atoms with Crippen LogP contribution in [-0.2, 0) is 0 Å². The third kappa shape index (κ3) is 3.35. The van der Waals surface area contributed by atoms with Crippen LogP contribution in [0, 0.1) is 12.3 Å². The molecule has 1 atom stereocenters. The van der Waals surface area contributed by atoms with Crippen molar-refractivity contribution >= 4 is 45.3 Å². The molecule has 164 valence electrons. The van der Waals surface area contributed by atoms with Crippen LogP contribution in [0.25, 0.3) is 22.1 Å². The quantitative estimate of drug-likeness (QED) is 0.405. The maximum Gasteiger partial charge on any atom is 0.268 e. The largest absolute Gasteiger partial charge is 0.381 e. The summed E-state index contributed by atoms with van der Waals surface area (Å²) in [6.07, 6.45) is 9.21. The molecule has 5 rings (SSSR count). The highest BCUT2D eigenvalue weighted by molar-refractivity contribution is 7.17. The Bertz CT molecular complexity index is 1520. The molecule has 0 bridgehead atoms. The summed E-state index contributed by atoms with van der Waals surface area (Å²) >= 11 is 1.30. The number of amides is 1. The number of aromatic nitrogens is 4. The fourth-order valence-electron chi connectivity index (χ4n) is 3.82. The number of nitrogens with zero attached hydrogens (tertiary/aromatic N) is 4. The number of para-hydroxylation sites is 1. The van der Waals surface area contributed by atoms with Crippen LogP contribution >= 0.6 is 11.3 Å². The van der Waals surface area contributed by atoms with Crippen LogP contribution in [0.1, 0.15) is 34.7 Å². The molecule has 1 aliphatic rings. The predicted octanol–water partition coefficient (Wildman–Crippen LogP) is 2.59. The van der Waals surface area contributed by atoms with Crippen molar-refractivity contribution in [1.82, 2.24) is 24.6 Å². The lowest BCUT2D eigenvalue weighted by Gasteiger charge is -2.19. The standard InChI is InChI=1S/C23H19N7O2S/c1-3-14-12-33-22-16(14)23(32)30(15-8-5-4-6-9-15)19(27-22)13(2)26-21(31)17-18(24)28-29-11-7-10-25-20(17)29/h1,4-9,11-13,25H,10H2,2H3,(H2,24,28)(H,26,31). The number of rotatable bonds is 4. The van der Waals surface area contributed by atoms with Crippen molar-refractivity contribution in [2.75, 3.05) is 17.6 Å². The first-order valence-corrected chi connectivity index (χ1v) is 11.0. The van der Waals surface area contributed by atoms with Crippen LogP contribution in [0.3, 0.4) is 0 Å². The highest BCUT2D eigenvalue weighted by Crippen LogP contribution is 2.27. The van der Waals surface area contributed by atoms with Gasteiger partial charge in [0, 0.05) is 18.1 Å².